The number of benzene rings is 1. The molecule has 2 rings (SSSR count). The second kappa shape index (κ2) is 3.44. The molecule has 0 fully saturated rings. The third-order valence-electron chi connectivity index (χ3n) is 1.98. The van der Waals surface area contributed by atoms with Crippen LogP contribution in [0, 0.1) is 6.07 Å². The van der Waals surface area contributed by atoms with Gasteiger partial charge in [-0.15, -0.1) is 0 Å². The van der Waals surface area contributed by atoms with Gasteiger partial charge in [-0.05, 0) is 18.6 Å². The maximum Gasteiger partial charge on any atom is 0.0568 e. The second-order valence-electron chi connectivity index (χ2n) is 2.86. The zero-order chi connectivity index (χ0) is 9.10. The van der Waals surface area contributed by atoms with Gasteiger partial charge in [-0.1, -0.05) is 24.3 Å². The number of hydrogen-bond donors (Lipinski definition) is 0. The van der Waals surface area contributed by atoms with Crippen molar-refractivity contribution in [3.63, 3.8) is 0 Å². The molecule has 0 atom stereocenters. The summed E-state index contributed by atoms with van der Waals surface area (Å²) in [5.41, 5.74) is 2.23. The molecule has 13 heavy (non-hydrogen) atoms. The van der Waals surface area contributed by atoms with Gasteiger partial charge in [0.1, 0.15) is 0 Å². The second-order valence-corrected chi connectivity index (χ2v) is 2.86. The first kappa shape index (κ1) is 8.05. The number of nitrogens with zero attached hydrogens (tertiary/aromatic N) is 2. The summed E-state index contributed by atoms with van der Waals surface area (Å²) in [5, 5.41) is 4.21. The van der Waals surface area contributed by atoms with E-state index in [0.29, 0.717) is 0 Å². The van der Waals surface area contributed by atoms with Gasteiger partial charge < -0.3 is 0 Å². The average Bonchev–Trinajstić information content (AvgIpc) is 2.67. The molecule has 0 aliphatic heterocycles. The van der Waals surface area contributed by atoms with Gasteiger partial charge in [0.2, 0.25) is 0 Å². The van der Waals surface area contributed by atoms with Crippen LogP contribution in [0.15, 0.2) is 36.7 Å². The lowest BCUT2D eigenvalue weighted by molar-refractivity contribution is 0.660. The molecule has 2 heteroatoms. The molecule has 0 bridgehead atoms. The largest absolute Gasteiger partial charge is 0.272 e. The lowest BCUT2D eigenvalue weighted by atomic mass is 10.1. The number of aryl methyl sites for hydroxylation is 1. The first-order chi connectivity index (χ1) is 6.40. The molecular weight excluding hydrogens is 160 g/mol. The highest BCUT2D eigenvalue weighted by molar-refractivity contribution is 5.60. The molecule has 0 aliphatic rings. The minimum atomic E-state index is 0.910. The topological polar surface area (TPSA) is 17.8 Å². The Bertz CT molecular complexity index is 376. The molecule has 0 unspecified atom stereocenters. The van der Waals surface area contributed by atoms with Crippen LogP contribution in [-0.4, -0.2) is 9.78 Å². The summed E-state index contributed by atoms with van der Waals surface area (Å²) in [5.74, 6) is 0. The van der Waals surface area contributed by atoms with E-state index in [4.69, 9.17) is 0 Å². The zero-order valence-electron chi connectivity index (χ0n) is 7.57. The van der Waals surface area contributed by atoms with Crippen molar-refractivity contribution >= 4 is 0 Å². The van der Waals surface area contributed by atoms with E-state index in [2.05, 4.69) is 18.1 Å². The van der Waals surface area contributed by atoms with E-state index in [1.807, 2.05) is 41.3 Å². The minimum absolute atomic E-state index is 0.910. The van der Waals surface area contributed by atoms with Crippen LogP contribution in [0.4, 0.5) is 0 Å². The molecule has 0 saturated carbocycles. The molecule has 0 aliphatic carbocycles. The summed E-state index contributed by atoms with van der Waals surface area (Å²) in [6, 6.07) is 11.1. The molecular formula is C11H11N2. The van der Waals surface area contributed by atoms with Crippen LogP contribution in [0.5, 0.6) is 0 Å². The van der Waals surface area contributed by atoms with Gasteiger partial charge in [-0.2, -0.15) is 5.10 Å². The van der Waals surface area contributed by atoms with E-state index in [0.717, 1.165) is 17.7 Å². The van der Waals surface area contributed by atoms with Gasteiger partial charge in [0, 0.05) is 18.3 Å². The Morgan fingerprint density at radius 1 is 1.46 bits per heavy atom. The smallest absolute Gasteiger partial charge is 0.0568 e. The highest BCUT2D eigenvalue weighted by atomic mass is 15.3. The maximum atomic E-state index is 4.21. The molecule has 0 saturated heterocycles. The summed E-state index contributed by atoms with van der Waals surface area (Å²) >= 11 is 0. The molecule has 2 nitrogen and oxygen atoms in total. The van der Waals surface area contributed by atoms with Gasteiger partial charge >= 0.3 is 0 Å². The molecule has 0 amide bonds. The fraction of sp³-hybridized carbons (Fsp3) is 0.182. The monoisotopic (exact) mass is 171 g/mol. The lowest BCUT2D eigenvalue weighted by Crippen LogP contribution is -1.91. The molecule has 1 heterocycles. The van der Waals surface area contributed by atoms with Gasteiger partial charge in [-0.25, -0.2) is 0 Å². The standard InChI is InChI=1S/C11H11N2/c1-2-13-9-11(8-12-13)10-6-4-3-5-7-10/h3-6,8-9H,2H2,1H3. The van der Waals surface area contributed by atoms with Gasteiger partial charge in [0.25, 0.3) is 0 Å². The van der Waals surface area contributed by atoms with Gasteiger partial charge in [0.15, 0.2) is 0 Å². The quantitative estimate of drug-likeness (QED) is 0.678. The third kappa shape index (κ3) is 1.61. The Balaban J connectivity index is 2.36. The Hall–Kier alpha value is -1.57. The van der Waals surface area contributed by atoms with E-state index < -0.39 is 0 Å². The summed E-state index contributed by atoms with van der Waals surface area (Å²) in [4.78, 5) is 0. The fourth-order valence-corrected chi connectivity index (χ4v) is 1.25. The van der Waals surface area contributed by atoms with E-state index in [9.17, 15) is 0 Å². The molecule has 1 radical (unpaired) electrons. The van der Waals surface area contributed by atoms with Crippen LogP contribution in [0.25, 0.3) is 11.1 Å². The highest BCUT2D eigenvalue weighted by Gasteiger charge is 1.98. The van der Waals surface area contributed by atoms with Gasteiger partial charge in [0.05, 0.1) is 6.20 Å². The minimum Gasteiger partial charge on any atom is -0.272 e. The van der Waals surface area contributed by atoms with Crippen molar-refractivity contribution in [1.29, 1.82) is 0 Å². The first-order valence-electron chi connectivity index (χ1n) is 4.39. The lowest BCUT2D eigenvalue weighted by Gasteiger charge is -1.94. The van der Waals surface area contributed by atoms with Crippen LogP contribution in [-0.2, 0) is 6.54 Å². The van der Waals surface area contributed by atoms with Crippen molar-refractivity contribution in [1.82, 2.24) is 9.78 Å². The van der Waals surface area contributed by atoms with Crippen LogP contribution < -0.4 is 0 Å². The Morgan fingerprint density at radius 3 is 3.00 bits per heavy atom. The van der Waals surface area contributed by atoms with E-state index in [1.54, 1.807) is 0 Å². The predicted molar refractivity (Wildman–Crippen MR) is 52.2 cm³/mol. The maximum absolute atomic E-state index is 4.21. The fourth-order valence-electron chi connectivity index (χ4n) is 1.25. The van der Waals surface area contributed by atoms with Gasteiger partial charge in [-0.3, -0.25) is 4.68 Å². The molecule has 1 aromatic heterocycles. The number of hydrogen-bond acceptors (Lipinski definition) is 1. The van der Waals surface area contributed by atoms with Crippen molar-refractivity contribution in [2.75, 3.05) is 0 Å². The third-order valence-corrected chi connectivity index (χ3v) is 1.98. The van der Waals surface area contributed by atoms with Crippen LogP contribution in [0.1, 0.15) is 6.92 Å². The molecule has 0 N–H and O–H groups in total. The highest BCUT2D eigenvalue weighted by Crippen LogP contribution is 2.16. The number of rotatable bonds is 2. The van der Waals surface area contributed by atoms with Crippen molar-refractivity contribution in [3.8, 4) is 11.1 Å². The first-order valence-corrected chi connectivity index (χ1v) is 4.39. The molecule has 1 aromatic carbocycles. The van der Waals surface area contributed by atoms with Crippen LogP contribution in [0.2, 0.25) is 0 Å². The zero-order valence-corrected chi connectivity index (χ0v) is 7.57. The molecule has 0 spiro atoms. The Kier molecular flexibility index (Phi) is 2.13. The Labute approximate surface area is 77.8 Å². The van der Waals surface area contributed by atoms with Crippen LogP contribution in [0.3, 0.4) is 0 Å². The van der Waals surface area contributed by atoms with E-state index >= 15 is 0 Å². The SMILES string of the molecule is CCn1cc(-c2[c]cccc2)cn1. The molecule has 65 valence electrons. The van der Waals surface area contributed by atoms with Crippen molar-refractivity contribution < 1.29 is 0 Å². The summed E-state index contributed by atoms with van der Waals surface area (Å²) in [6.45, 7) is 2.98. The van der Waals surface area contributed by atoms with E-state index in [-0.39, 0.29) is 0 Å². The number of aromatic nitrogens is 2. The van der Waals surface area contributed by atoms with Crippen molar-refractivity contribution in [3.05, 3.63) is 42.7 Å². The van der Waals surface area contributed by atoms with E-state index in [1.165, 1.54) is 0 Å². The van der Waals surface area contributed by atoms with Crippen LogP contribution >= 0.6 is 0 Å². The summed E-state index contributed by atoms with van der Waals surface area (Å²) < 4.78 is 1.91. The summed E-state index contributed by atoms with van der Waals surface area (Å²) in [6.07, 6.45) is 3.90. The predicted octanol–water partition coefficient (Wildman–Crippen LogP) is 2.37. The Morgan fingerprint density at radius 2 is 2.38 bits per heavy atom. The normalized spacial score (nSPS) is 10.2. The van der Waals surface area contributed by atoms with Crippen molar-refractivity contribution in [2.24, 2.45) is 0 Å². The average molecular weight is 171 g/mol. The molecule has 2 aromatic rings. The van der Waals surface area contributed by atoms with Crippen molar-refractivity contribution in [2.45, 2.75) is 13.5 Å². The summed E-state index contributed by atoms with van der Waals surface area (Å²) in [7, 11) is 0.